The molecule has 2 amide bonds. The van der Waals surface area contributed by atoms with Crippen LogP contribution in [0.25, 0.3) is 0 Å². The molecule has 1 fully saturated rings. The quantitative estimate of drug-likeness (QED) is 0.912. The number of hydrogen-bond acceptors (Lipinski definition) is 5. The van der Waals surface area contributed by atoms with Crippen LogP contribution in [0.15, 0.2) is 22.8 Å². The minimum Gasteiger partial charge on any atom is -0.467 e. The molecule has 1 aliphatic rings. The molecule has 124 valence electrons. The standard InChI is InChI=1S/C14H16F2N4O2S/c1-8-4-5-20(9(7-8)10-3-2-6-22-10)14(21)17-13-19-18-12(23-13)11(15)16/h2-3,6,8-9,11H,4-5,7H2,1H3,(H,17,19,21)/t8-,9-/m1/s1. The van der Waals surface area contributed by atoms with Crippen LogP contribution < -0.4 is 5.32 Å². The zero-order valence-corrected chi connectivity index (χ0v) is 13.2. The first-order valence-corrected chi connectivity index (χ1v) is 8.09. The second-order valence-corrected chi connectivity index (χ2v) is 6.54. The summed E-state index contributed by atoms with van der Waals surface area (Å²) in [6.07, 6.45) is 0.553. The number of rotatable bonds is 3. The van der Waals surface area contributed by atoms with Gasteiger partial charge in [0.05, 0.1) is 12.3 Å². The van der Waals surface area contributed by atoms with Crippen LogP contribution in [0.1, 0.15) is 43.0 Å². The van der Waals surface area contributed by atoms with E-state index in [1.54, 1.807) is 17.2 Å². The molecule has 0 radical (unpaired) electrons. The monoisotopic (exact) mass is 342 g/mol. The van der Waals surface area contributed by atoms with Gasteiger partial charge in [0, 0.05) is 6.54 Å². The van der Waals surface area contributed by atoms with E-state index in [1.807, 2.05) is 6.07 Å². The topological polar surface area (TPSA) is 71.3 Å². The van der Waals surface area contributed by atoms with Crippen molar-refractivity contribution in [3.63, 3.8) is 0 Å². The highest BCUT2D eigenvalue weighted by Gasteiger charge is 2.33. The Balaban J connectivity index is 1.73. The molecule has 1 N–H and O–H groups in total. The van der Waals surface area contributed by atoms with Gasteiger partial charge < -0.3 is 9.32 Å². The van der Waals surface area contributed by atoms with E-state index in [-0.39, 0.29) is 17.2 Å². The third-order valence-corrected chi connectivity index (χ3v) is 4.68. The molecular formula is C14H16F2N4O2S. The fourth-order valence-electron chi connectivity index (χ4n) is 2.67. The molecule has 23 heavy (non-hydrogen) atoms. The third kappa shape index (κ3) is 3.49. The van der Waals surface area contributed by atoms with Crippen LogP contribution in [0, 0.1) is 5.92 Å². The Hall–Kier alpha value is -2.03. The van der Waals surface area contributed by atoms with Crippen molar-refractivity contribution < 1.29 is 18.0 Å². The highest BCUT2D eigenvalue weighted by Crippen LogP contribution is 2.35. The average molecular weight is 342 g/mol. The molecular weight excluding hydrogens is 326 g/mol. The molecule has 0 unspecified atom stereocenters. The highest BCUT2D eigenvalue weighted by atomic mass is 32.1. The Kier molecular flexibility index (Phi) is 4.56. The third-order valence-electron chi connectivity index (χ3n) is 3.84. The van der Waals surface area contributed by atoms with Gasteiger partial charge in [-0.2, -0.15) is 0 Å². The van der Waals surface area contributed by atoms with Gasteiger partial charge in [-0.25, -0.2) is 13.6 Å². The summed E-state index contributed by atoms with van der Waals surface area (Å²) in [5, 5.41) is 9.16. The first-order valence-electron chi connectivity index (χ1n) is 7.27. The summed E-state index contributed by atoms with van der Waals surface area (Å²) in [5.41, 5.74) is 0. The summed E-state index contributed by atoms with van der Waals surface area (Å²) >= 11 is 0.678. The zero-order valence-electron chi connectivity index (χ0n) is 12.4. The normalized spacial score (nSPS) is 21.7. The van der Waals surface area contributed by atoms with E-state index in [0.717, 1.165) is 18.6 Å². The number of alkyl halides is 2. The van der Waals surface area contributed by atoms with Crippen LogP contribution >= 0.6 is 11.3 Å². The molecule has 0 spiro atoms. The molecule has 0 aromatic carbocycles. The van der Waals surface area contributed by atoms with E-state index in [4.69, 9.17) is 4.42 Å². The Morgan fingerprint density at radius 1 is 1.52 bits per heavy atom. The van der Waals surface area contributed by atoms with Crippen molar-refractivity contribution in [2.75, 3.05) is 11.9 Å². The number of nitrogens with zero attached hydrogens (tertiary/aromatic N) is 3. The van der Waals surface area contributed by atoms with E-state index < -0.39 is 11.4 Å². The Morgan fingerprint density at radius 3 is 3.00 bits per heavy atom. The second kappa shape index (κ2) is 6.61. The number of likely N-dealkylation sites (tertiary alicyclic amines) is 1. The van der Waals surface area contributed by atoms with Gasteiger partial charge in [0.15, 0.2) is 5.01 Å². The van der Waals surface area contributed by atoms with Crippen molar-refractivity contribution in [1.82, 2.24) is 15.1 Å². The van der Waals surface area contributed by atoms with E-state index in [2.05, 4.69) is 22.4 Å². The molecule has 1 saturated heterocycles. The predicted octanol–water partition coefficient (Wildman–Crippen LogP) is 4.07. The Bertz CT molecular complexity index is 662. The van der Waals surface area contributed by atoms with Crippen LogP contribution in [0.4, 0.5) is 18.7 Å². The first-order chi connectivity index (χ1) is 11.0. The lowest BCUT2D eigenvalue weighted by Crippen LogP contribution is -2.42. The molecule has 0 bridgehead atoms. The number of aromatic nitrogens is 2. The number of furan rings is 1. The number of amides is 2. The molecule has 0 aliphatic carbocycles. The summed E-state index contributed by atoms with van der Waals surface area (Å²) < 4.78 is 30.5. The van der Waals surface area contributed by atoms with Gasteiger partial charge in [0.2, 0.25) is 5.13 Å². The van der Waals surface area contributed by atoms with Gasteiger partial charge >= 0.3 is 6.03 Å². The van der Waals surface area contributed by atoms with Gasteiger partial charge in [0.25, 0.3) is 6.43 Å². The van der Waals surface area contributed by atoms with Crippen LogP contribution in [-0.2, 0) is 0 Å². The molecule has 2 atom stereocenters. The van der Waals surface area contributed by atoms with Crippen molar-refractivity contribution in [2.45, 2.75) is 32.2 Å². The van der Waals surface area contributed by atoms with Gasteiger partial charge in [-0.1, -0.05) is 18.3 Å². The Labute approximate surface area is 135 Å². The van der Waals surface area contributed by atoms with Crippen LogP contribution in [0.5, 0.6) is 0 Å². The molecule has 2 aromatic rings. The zero-order chi connectivity index (χ0) is 16.4. The fraction of sp³-hybridized carbons (Fsp3) is 0.500. The van der Waals surface area contributed by atoms with Gasteiger partial charge in [-0.15, -0.1) is 10.2 Å². The molecule has 1 aliphatic heterocycles. The van der Waals surface area contributed by atoms with Crippen molar-refractivity contribution in [1.29, 1.82) is 0 Å². The number of anilines is 1. The van der Waals surface area contributed by atoms with Gasteiger partial charge in [-0.05, 0) is 30.9 Å². The van der Waals surface area contributed by atoms with Crippen molar-refractivity contribution in [3.05, 3.63) is 29.2 Å². The maximum Gasteiger partial charge on any atom is 0.324 e. The maximum absolute atomic E-state index is 12.5. The molecule has 0 saturated carbocycles. The largest absolute Gasteiger partial charge is 0.467 e. The lowest BCUT2D eigenvalue weighted by Gasteiger charge is -2.37. The molecule has 3 rings (SSSR count). The number of nitrogens with one attached hydrogen (secondary N) is 1. The van der Waals surface area contributed by atoms with Crippen molar-refractivity contribution in [2.24, 2.45) is 5.92 Å². The summed E-state index contributed by atoms with van der Waals surface area (Å²) in [7, 11) is 0. The molecule has 9 heteroatoms. The van der Waals surface area contributed by atoms with E-state index in [1.165, 1.54) is 0 Å². The van der Waals surface area contributed by atoms with Crippen LogP contribution in [-0.4, -0.2) is 27.7 Å². The van der Waals surface area contributed by atoms with Crippen LogP contribution in [0.3, 0.4) is 0 Å². The van der Waals surface area contributed by atoms with Crippen molar-refractivity contribution in [3.8, 4) is 0 Å². The number of piperidine rings is 1. The van der Waals surface area contributed by atoms with Gasteiger partial charge in [-0.3, -0.25) is 5.32 Å². The van der Waals surface area contributed by atoms with E-state index >= 15 is 0 Å². The lowest BCUT2D eigenvalue weighted by molar-refractivity contribution is 0.129. The minimum atomic E-state index is -2.69. The number of halogens is 2. The number of carbonyl (C=O) groups is 1. The molecule has 2 aromatic heterocycles. The maximum atomic E-state index is 12.5. The van der Waals surface area contributed by atoms with Crippen LogP contribution in [0.2, 0.25) is 0 Å². The van der Waals surface area contributed by atoms with E-state index in [0.29, 0.717) is 23.8 Å². The average Bonchev–Trinajstić information content (AvgIpc) is 3.18. The summed E-state index contributed by atoms with van der Waals surface area (Å²) in [4.78, 5) is 14.1. The SMILES string of the molecule is C[C@@H]1CCN(C(=O)Nc2nnc(C(F)F)s2)[C@@H](c2ccco2)C1. The summed E-state index contributed by atoms with van der Waals surface area (Å²) in [6, 6.07) is 3.07. The second-order valence-electron chi connectivity index (χ2n) is 5.53. The number of urea groups is 1. The number of carbonyl (C=O) groups excluding carboxylic acids is 1. The smallest absolute Gasteiger partial charge is 0.324 e. The minimum absolute atomic E-state index is 0.0714. The first kappa shape index (κ1) is 15.9. The molecule has 6 nitrogen and oxygen atoms in total. The van der Waals surface area contributed by atoms with Crippen molar-refractivity contribution >= 4 is 22.5 Å². The van der Waals surface area contributed by atoms with E-state index in [9.17, 15) is 13.6 Å². The predicted molar refractivity (Wildman–Crippen MR) is 80.4 cm³/mol. The Morgan fingerprint density at radius 2 is 2.35 bits per heavy atom. The lowest BCUT2D eigenvalue weighted by atomic mass is 9.91. The number of hydrogen-bond donors (Lipinski definition) is 1. The fourth-order valence-corrected chi connectivity index (χ4v) is 3.26. The summed E-state index contributed by atoms with van der Waals surface area (Å²) in [5.74, 6) is 1.19. The molecule has 3 heterocycles. The van der Waals surface area contributed by atoms with Gasteiger partial charge in [0.1, 0.15) is 5.76 Å². The summed E-state index contributed by atoms with van der Waals surface area (Å²) in [6.45, 7) is 2.70. The highest BCUT2D eigenvalue weighted by molar-refractivity contribution is 7.15.